The minimum absolute atomic E-state index is 0.184. The van der Waals surface area contributed by atoms with Crippen LogP contribution in [0.25, 0.3) is 0 Å². The standard InChI is InChI=1S/C33H49ClO5/c1-5-33(39,21-7-9-22(34)10-8-21)32-17-15-24-26-12-11-25(20(2)6-13-29(37)38)31(26,4)28(36)18-27(24)30(32,3)16-14-23(35)19-32/h7-10,20,23-28,35-36,39H,5-6,11-19H2,1-4H3,(H,37,38)/t20-,23-,24+,25-,26+,27+,28+,30-,31-,32+,33-/m1/s1. The van der Waals surface area contributed by atoms with Gasteiger partial charge < -0.3 is 20.4 Å². The number of aliphatic hydroxyl groups excluding tert-OH is 2. The van der Waals surface area contributed by atoms with E-state index in [4.69, 9.17) is 11.6 Å². The van der Waals surface area contributed by atoms with Gasteiger partial charge in [-0.15, -0.1) is 0 Å². The minimum Gasteiger partial charge on any atom is -0.481 e. The van der Waals surface area contributed by atoms with Gasteiger partial charge in [0.2, 0.25) is 0 Å². The lowest BCUT2D eigenvalue weighted by molar-refractivity contribution is -0.269. The third kappa shape index (κ3) is 4.23. The molecule has 39 heavy (non-hydrogen) atoms. The molecule has 6 heteroatoms. The highest BCUT2D eigenvalue weighted by Gasteiger charge is 2.71. The van der Waals surface area contributed by atoms with Crippen molar-refractivity contribution in [2.45, 2.75) is 116 Å². The summed E-state index contributed by atoms with van der Waals surface area (Å²) < 4.78 is 0. The van der Waals surface area contributed by atoms with E-state index in [9.17, 15) is 25.2 Å². The highest BCUT2D eigenvalue weighted by Crippen LogP contribution is 2.74. The van der Waals surface area contributed by atoms with E-state index < -0.39 is 29.2 Å². The number of carbonyl (C=O) groups is 1. The van der Waals surface area contributed by atoms with Crippen molar-refractivity contribution in [3.05, 3.63) is 34.9 Å². The molecular formula is C33H49ClO5. The molecule has 0 radical (unpaired) electrons. The highest BCUT2D eigenvalue weighted by atomic mass is 35.5. The van der Waals surface area contributed by atoms with Crippen molar-refractivity contribution in [2.75, 3.05) is 0 Å². The van der Waals surface area contributed by atoms with E-state index in [0.29, 0.717) is 48.5 Å². The molecule has 5 rings (SSSR count). The summed E-state index contributed by atoms with van der Waals surface area (Å²) in [6.07, 6.45) is 7.36. The summed E-state index contributed by atoms with van der Waals surface area (Å²) in [5, 5.41) is 45.7. The highest BCUT2D eigenvalue weighted by molar-refractivity contribution is 6.30. The molecule has 0 aromatic heterocycles. The van der Waals surface area contributed by atoms with E-state index in [-0.39, 0.29) is 29.1 Å². The zero-order chi connectivity index (χ0) is 28.4. The second kappa shape index (κ2) is 10.3. The Morgan fingerprint density at radius 3 is 2.41 bits per heavy atom. The van der Waals surface area contributed by atoms with Gasteiger partial charge in [0.25, 0.3) is 0 Å². The van der Waals surface area contributed by atoms with E-state index in [1.54, 1.807) is 0 Å². The average molecular weight is 561 g/mol. The van der Waals surface area contributed by atoms with Gasteiger partial charge in [0.15, 0.2) is 0 Å². The third-order valence-corrected chi connectivity index (χ3v) is 13.4. The number of fused-ring (bicyclic) bond motifs is 5. The first-order chi connectivity index (χ1) is 18.3. The Balaban J connectivity index is 1.53. The SMILES string of the molecule is CC[C@@](O)(c1ccc(Cl)cc1)[C@]12CC[C@H]3[C@@H]4CC[C@H]([C@H](C)CCC(=O)O)[C@@]4(C)[C@@H](O)C[C@@H]3[C@@]1(C)CC[C@@H](O)C2. The average Bonchev–Trinajstić information content (AvgIpc) is 3.27. The molecule has 4 aliphatic rings. The summed E-state index contributed by atoms with van der Waals surface area (Å²) in [4.78, 5) is 11.3. The number of carboxylic acids is 1. The number of carboxylic acid groups (broad SMARTS) is 1. The fraction of sp³-hybridized carbons (Fsp3) is 0.788. The lowest BCUT2D eigenvalue weighted by Crippen LogP contribution is -2.67. The third-order valence-electron chi connectivity index (χ3n) is 13.1. The lowest BCUT2D eigenvalue weighted by Gasteiger charge is -2.70. The maximum absolute atomic E-state index is 12.7. The topological polar surface area (TPSA) is 98.0 Å². The minimum atomic E-state index is -1.10. The summed E-state index contributed by atoms with van der Waals surface area (Å²) in [7, 11) is 0. The number of aliphatic hydroxyl groups is 3. The largest absolute Gasteiger partial charge is 0.481 e. The first-order valence-electron chi connectivity index (χ1n) is 15.4. The van der Waals surface area contributed by atoms with Crippen LogP contribution in [-0.4, -0.2) is 38.6 Å². The molecule has 1 aromatic rings. The number of hydrogen-bond acceptors (Lipinski definition) is 4. The van der Waals surface area contributed by atoms with Crippen molar-refractivity contribution in [3.8, 4) is 0 Å². The van der Waals surface area contributed by atoms with E-state index in [1.807, 2.05) is 24.3 Å². The Labute approximate surface area is 239 Å². The summed E-state index contributed by atoms with van der Waals surface area (Å²) in [6, 6.07) is 7.63. The molecule has 4 fully saturated rings. The second-order valence-electron chi connectivity index (χ2n) is 14.2. The van der Waals surface area contributed by atoms with Crippen molar-refractivity contribution in [3.63, 3.8) is 0 Å². The molecule has 0 heterocycles. The fourth-order valence-electron chi connectivity index (χ4n) is 11.1. The molecular weight excluding hydrogens is 512 g/mol. The lowest BCUT2D eigenvalue weighted by atomic mass is 9.35. The van der Waals surface area contributed by atoms with Crippen LogP contribution in [0, 0.1) is 45.8 Å². The molecule has 1 aromatic carbocycles. The van der Waals surface area contributed by atoms with Gasteiger partial charge in [-0.25, -0.2) is 0 Å². The van der Waals surface area contributed by atoms with Crippen LogP contribution in [0.2, 0.25) is 5.02 Å². The van der Waals surface area contributed by atoms with E-state index in [2.05, 4.69) is 27.7 Å². The summed E-state index contributed by atoms with van der Waals surface area (Å²) in [5.41, 5.74) is -1.16. The van der Waals surface area contributed by atoms with Gasteiger partial charge in [-0.05, 0) is 122 Å². The number of rotatable bonds is 7. The zero-order valence-electron chi connectivity index (χ0n) is 24.2. The maximum Gasteiger partial charge on any atom is 0.303 e. The van der Waals surface area contributed by atoms with Crippen LogP contribution in [0.1, 0.15) is 104 Å². The predicted molar refractivity (Wildman–Crippen MR) is 153 cm³/mol. The Morgan fingerprint density at radius 1 is 1.08 bits per heavy atom. The Kier molecular flexibility index (Phi) is 7.75. The number of benzene rings is 1. The molecule has 11 atom stereocenters. The van der Waals surface area contributed by atoms with Crippen LogP contribution < -0.4 is 0 Å². The van der Waals surface area contributed by atoms with Crippen LogP contribution in [0.15, 0.2) is 24.3 Å². The summed E-state index contributed by atoms with van der Waals surface area (Å²) in [5.74, 6) is 0.981. The zero-order valence-corrected chi connectivity index (χ0v) is 25.0. The second-order valence-corrected chi connectivity index (χ2v) is 14.7. The Morgan fingerprint density at radius 2 is 1.77 bits per heavy atom. The Hall–Kier alpha value is -1.14. The van der Waals surface area contributed by atoms with Gasteiger partial charge in [-0.1, -0.05) is 51.4 Å². The predicted octanol–water partition coefficient (Wildman–Crippen LogP) is 6.80. The summed E-state index contributed by atoms with van der Waals surface area (Å²) in [6.45, 7) is 8.90. The number of aliphatic carboxylic acids is 1. The van der Waals surface area contributed by atoms with Crippen LogP contribution in [0.3, 0.4) is 0 Å². The van der Waals surface area contributed by atoms with Crippen LogP contribution in [0.5, 0.6) is 0 Å². The molecule has 0 bridgehead atoms. The molecule has 5 nitrogen and oxygen atoms in total. The van der Waals surface area contributed by atoms with Crippen molar-refractivity contribution in [2.24, 2.45) is 45.8 Å². The first-order valence-corrected chi connectivity index (χ1v) is 15.8. The van der Waals surface area contributed by atoms with E-state index in [1.165, 1.54) is 0 Å². The molecule has 4 aliphatic carbocycles. The van der Waals surface area contributed by atoms with Crippen molar-refractivity contribution < 1.29 is 25.2 Å². The van der Waals surface area contributed by atoms with Crippen LogP contribution >= 0.6 is 11.6 Å². The van der Waals surface area contributed by atoms with Gasteiger partial charge >= 0.3 is 5.97 Å². The van der Waals surface area contributed by atoms with Crippen molar-refractivity contribution >= 4 is 17.6 Å². The van der Waals surface area contributed by atoms with Gasteiger partial charge in [-0.2, -0.15) is 0 Å². The van der Waals surface area contributed by atoms with E-state index >= 15 is 0 Å². The maximum atomic E-state index is 12.7. The number of hydrogen-bond donors (Lipinski definition) is 4. The molecule has 0 spiro atoms. The van der Waals surface area contributed by atoms with Crippen LogP contribution in [0.4, 0.5) is 0 Å². The molecule has 0 aliphatic heterocycles. The molecule has 0 unspecified atom stereocenters. The molecule has 4 N–H and O–H groups in total. The first kappa shape index (κ1) is 29.4. The number of halogens is 1. The summed E-state index contributed by atoms with van der Waals surface area (Å²) >= 11 is 6.24. The quantitative estimate of drug-likeness (QED) is 0.294. The molecule has 218 valence electrons. The van der Waals surface area contributed by atoms with Gasteiger partial charge in [0.05, 0.1) is 17.8 Å². The molecule has 0 saturated heterocycles. The Bertz CT molecular complexity index is 1060. The van der Waals surface area contributed by atoms with Gasteiger partial charge in [0.1, 0.15) is 0 Å². The van der Waals surface area contributed by atoms with Crippen molar-refractivity contribution in [1.29, 1.82) is 0 Å². The fourth-order valence-corrected chi connectivity index (χ4v) is 11.3. The van der Waals surface area contributed by atoms with Crippen LogP contribution in [-0.2, 0) is 10.4 Å². The van der Waals surface area contributed by atoms with Crippen molar-refractivity contribution in [1.82, 2.24) is 0 Å². The molecule has 4 saturated carbocycles. The van der Waals surface area contributed by atoms with Gasteiger partial charge in [-0.3, -0.25) is 4.79 Å². The smallest absolute Gasteiger partial charge is 0.303 e. The normalized spacial score (nSPS) is 44.0. The monoisotopic (exact) mass is 560 g/mol. The van der Waals surface area contributed by atoms with E-state index in [0.717, 1.165) is 44.1 Å². The molecule has 0 amide bonds. The van der Waals surface area contributed by atoms with Gasteiger partial charge in [0, 0.05) is 16.9 Å².